The highest BCUT2D eigenvalue weighted by molar-refractivity contribution is 5.97. The summed E-state index contributed by atoms with van der Waals surface area (Å²) in [5.41, 5.74) is 13.7. The van der Waals surface area contributed by atoms with Gasteiger partial charge >= 0.3 is 11.8 Å². The van der Waals surface area contributed by atoms with Crippen LogP contribution in [0.4, 0.5) is 16.6 Å². The number of nitrogens with one attached hydrogen (secondary N) is 5. The Balaban J connectivity index is 1.20. The summed E-state index contributed by atoms with van der Waals surface area (Å²) in [7, 11) is 0. The number of alkyl carbamates (subject to hydrolysis) is 1. The van der Waals surface area contributed by atoms with Crippen molar-refractivity contribution >= 4 is 46.7 Å². The largest absolute Gasteiger partial charge is 0.445 e. The molecule has 0 unspecified atom stereocenters. The first-order valence-corrected chi connectivity index (χ1v) is 16.0. The van der Waals surface area contributed by atoms with Crippen molar-refractivity contribution in [2.75, 3.05) is 30.7 Å². The zero-order valence-corrected chi connectivity index (χ0v) is 27.3. The fraction of sp³-hybridized carbons (Fsp3) is 0.364. The van der Waals surface area contributed by atoms with Gasteiger partial charge < -0.3 is 42.5 Å². The summed E-state index contributed by atoms with van der Waals surface area (Å²) in [4.78, 5) is 73.0. The van der Waals surface area contributed by atoms with Gasteiger partial charge in [-0.3, -0.25) is 19.0 Å². The number of imidazole rings is 1. The van der Waals surface area contributed by atoms with Crippen LogP contribution in [0, 0.1) is 0 Å². The smallest absolute Gasteiger partial charge is 0.407 e. The molecule has 4 amide bonds. The molecule has 0 aliphatic carbocycles. The monoisotopic (exact) mass is 674 g/mol. The summed E-state index contributed by atoms with van der Waals surface area (Å²) in [6.07, 6.45) is 2.65. The molecular weight excluding hydrogens is 632 g/mol. The minimum absolute atomic E-state index is 0.156. The first-order valence-electron chi connectivity index (χ1n) is 16.0. The van der Waals surface area contributed by atoms with E-state index in [1.807, 2.05) is 30.3 Å². The van der Waals surface area contributed by atoms with Crippen LogP contribution < -0.4 is 38.4 Å². The van der Waals surface area contributed by atoms with Gasteiger partial charge in [0.1, 0.15) is 18.2 Å². The van der Waals surface area contributed by atoms with Gasteiger partial charge in [0.2, 0.25) is 17.8 Å². The number of nitrogen functional groups attached to an aromatic ring is 1. The average molecular weight is 675 g/mol. The topological polar surface area (TPSA) is 241 Å². The predicted octanol–water partition coefficient (Wildman–Crippen LogP) is 1.76. The van der Waals surface area contributed by atoms with E-state index in [1.165, 1.54) is 4.57 Å². The number of fused-ring (bicyclic) bond motifs is 1. The van der Waals surface area contributed by atoms with Gasteiger partial charge in [-0.15, -0.1) is 0 Å². The van der Waals surface area contributed by atoms with Gasteiger partial charge in [-0.2, -0.15) is 9.97 Å². The van der Waals surface area contributed by atoms with Crippen LogP contribution in [-0.2, 0) is 27.5 Å². The molecule has 0 saturated heterocycles. The molecule has 0 radical (unpaired) electrons. The number of hydrogen-bond donors (Lipinski definition) is 7. The normalized spacial score (nSPS) is 11.4. The third-order valence-corrected chi connectivity index (χ3v) is 7.51. The lowest BCUT2D eigenvalue weighted by Crippen LogP contribution is -2.48. The van der Waals surface area contributed by atoms with Gasteiger partial charge in [-0.25, -0.2) is 9.59 Å². The number of unbranched alkanes of at least 4 members (excludes halogenated alkanes) is 2. The Morgan fingerprint density at radius 3 is 2.41 bits per heavy atom. The number of nitrogens with zero attached hydrogens (tertiary/aromatic N) is 3. The zero-order valence-electron chi connectivity index (χ0n) is 27.3. The molecule has 16 nitrogen and oxygen atoms in total. The standard InChI is InChI=1S/C33H42N10O6/c1-2-3-16-36-31-41-27(34)26-29(42-31)43(32(47)40-26)19-21-12-14-23(15-13-21)30(46)38-18-25(44)39-24(28(35)45)11-7-8-17-37-33(48)49-20-22-9-5-4-6-10-22/h4-6,9-10,12-15,24H,2-3,7-8,11,16-20H2,1H3,(H2,35,45)(H,37,48)(H,38,46)(H,39,44)(H,40,47)(H3,34,36,41,42)/t24-/m0/s1. The second kappa shape index (κ2) is 17.8. The molecule has 2 aromatic heterocycles. The number of H-pyrrole nitrogens is 1. The van der Waals surface area contributed by atoms with Gasteiger partial charge in [0, 0.05) is 18.7 Å². The van der Waals surface area contributed by atoms with Crippen molar-refractivity contribution in [3.63, 3.8) is 0 Å². The van der Waals surface area contributed by atoms with E-state index in [0.29, 0.717) is 43.0 Å². The first-order chi connectivity index (χ1) is 23.6. The molecule has 2 aromatic carbocycles. The fourth-order valence-electron chi connectivity index (χ4n) is 4.83. The zero-order chi connectivity index (χ0) is 35.2. The lowest BCUT2D eigenvalue weighted by atomic mass is 10.1. The molecule has 0 bridgehead atoms. The van der Waals surface area contributed by atoms with Gasteiger partial charge in [-0.1, -0.05) is 55.8 Å². The van der Waals surface area contributed by atoms with E-state index in [2.05, 4.69) is 43.1 Å². The molecular formula is C33H42N10O6. The van der Waals surface area contributed by atoms with Crippen LogP contribution in [-0.4, -0.2) is 69.0 Å². The number of ether oxygens (including phenoxy) is 1. The van der Waals surface area contributed by atoms with E-state index < -0.39 is 35.5 Å². The number of carbonyl (C=O) groups excluding carboxylic acids is 4. The van der Waals surface area contributed by atoms with E-state index in [0.717, 1.165) is 24.0 Å². The van der Waals surface area contributed by atoms with Crippen molar-refractivity contribution in [3.8, 4) is 0 Å². The molecule has 16 heteroatoms. The van der Waals surface area contributed by atoms with Crippen molar-refractivity contribution in [2.24, 2.45) is 5.73 Å². The summed E-state index contributed by atoms with van der Waals surface area (Å²) in [5, 5.41) is 10.8. The maximum atomic E-state index is 12.7. The molecule has 49 heavy (non-hydrogen) atoms. The second-order valence-corrected chi connectivity index (χ2v) is 11.3. The third-order valence-electron chi connectivity index (χ3n) is 7.51. The van der Waals surface area contributed by atoms with Crippen LogP contribution in [0.2, 0.25) is 0 Å². The Bertz CT molecular complexity index is 1790. The highest BCUT2D eigenvalue weighted by Gasteiger charge is 2.19. The third kappa shape index (κ3) is 10.8. The van der Waals surface area contributed by atoms with Crippen molar-refractivity contribution in [3.05, 3.63) is 81.8 Å². The van der Waals surface area contributed by atoms with Gasteiger partial charge in [-0.05, 0) is 48.9 Å². The number of benzene rings is 2. The number of hydrogen-bond acceptors (Lipinski definition) is 10. The number of amides is 4. The minimum Gasteiger partial charge on any atom is -0.445 e. The predicted molar refractivity (Wildman–Crippen MR) is 183 cm³/mol. The van der Waals surface area contributed by atoms with Crippen LogP contribution >= 0.6 is 0 Å². The quantitative estimate of drug-likeness (QED) is 0.0754. The molecule has 4 aromatic rings. The molecule has 0 fully saturated rings. The van der Waals surface area contributed by atoms with Crippen molar-refractivity contribution in [1.82, 2.24) is 35.5 Å². The Kier molecular flexibility index (Phi) is 13.1. The van der Waals surface area contributed by atoms with Crippen LogP contribution in [0.25, 0.3) is 11.2 Å². The molecule has 0 saturated carbocycles. The van der Waals surface area contributed by atoms with Crippen LogP contribution in [0.3, 0.4) is 0 Å². The van der Waals surface area contributed by atoms with Crippen molar-refractivity contribution in [2.45, 2.75) is 58.2 Å². The molecule has 0 aliphatic heterocycles. The first kappa shape index (κ1) is 35.9. The molecule has 0 spiro atoms. The van der Waals surface area contributed by atoms with Crippen molar-refractivity contribution in [1.29, 1.82) is 0 Å². The number of nitrogens with two attached hydrogens (primary N) is 2. The van der Waals surface area contributed by atoms with E-state index in [4.69, 9.17) is 16.2 Å². The molecule has 2 heterocycles. The van der Waals surface area contributed by atoms with Crippen molar-refractivity contribution < 1.29 is 23.9 Å². The number of rotatable bonds is 18. The number of primary amides is 1. The fourth-order valence-corrected chi connectivity index (χ4v) is 4.83. The SMILES string of the molecule is CCCCNc1nc(N)c2[nH]c(=O)n(Cc3ccc(C(=O)NCC(=O)N[C@@H](CCCCNC(=O)OCc4ccccc4)C(N)=O)cc3)c2n1. The lowest BCUT2D eigenvalue weighted by Gasteiger charge is -2.16. The van der Waals surface area contributed by atoms with E-state index in [1.54, 1.807) is 24.3 Å². The van der Waals surface area contributed by atoms with E-state index in [9.17, 15) is 24.0 Å². The lowest BCUT2D eigenvalue weighted by molar-refractivity contribution is -0.126. The molecule has 9 N–H and O–H groups in total. The molecule has 0 aliphatic rings. The molecule has 4 rings (SSSR count). The second-order valence-electron chi connectivity index (χ2n) is 11.3. The van der Waals surface area contributed by atoms with Crippen LogP contribution in [0.5, 0.6) is 0 Å². The number of carbonyl (C=O) groups is 4. The number of anilines is 2. The molecule has 260 valence electrons. The summed E-state index contributed by atoms with van der Waals surface area (Å²) in [6, 6.07) is 14.9. The maximum Gasteiger partial charge on any atom is 0.407 e. The van der Waals surface area contributed by atoms with Gasteiger partial charge in [0.05, 0.1) is 13.1 Å². The Hall–Kier alpha value is -5.93. The Morgan fingerprint density at radius 1 is 0.939 bits per heavy atom. The van der Waals surface area contributed by atoms with Crippen LogP contribution in [0.1, 0.15) is 60.5 Å². The van der Waals surface area contributed by atoms with E-state index in [-0.39, 0.29) is 37.5 Å². The van der Waals surface area contributed by atoms with E-state index >= 15 is 0 Å². The van der Waals surface area contributed by atoms with Gasteiger partial charge in [0.25, 0.3) is 5.91 Å². The Labute approximate surface area is 282 Å². The molecule has 1 atom stereocenters. The Morgan fingerprint density at radius 2 is 1.69 bits per heavy atom. The van der Waals surface area contributed by atoms with Crippen LogP contribution in [0.15, 0.2) is 59.4 Å². The minimum atomic E-state index is -0.939. The number of aromatic nitrogens is 4. The average Bonchev–Trinajstić information content (AvgIpc) is 3.41. The highest BCUT2D eigenvalue weighted by atomic mass is 16.5. The summed E-state index contributed by atoms with van der Waals surface area (Å²) in [5.74, 6) is -1.31. The summed E-state index contributed by atoms with van der Waals surface area (Å²) in [6.45, 7) is 3.00. The highest BCUT2D eigenvalue weighted by Crippen LogP contribution is 2.18. The summed E-state index contributed by atoms with van der Waals surface area (Å²) < 4.78 is 6.59. The number of aromatic amines is 1. The summed E-state index contributed by atoms with van der Waals surface area (Å²) >= 11 is 0. The maximum absolute atomic E-state index is 12.7. The van der Waals surface area contributed by atoms with Gasteiger partial charge in [0.15, 0.2) is 11.5 Å².